The molecular formula is C15H26O4S. The molecule has 0 radical (unpaired) electrons. The van der Waals surface area contributed by atoms with Gasteiger partial charge in [0, 0.05) is 0 Å². The molecule has 0 heterocycles. The van der Waals surface area contributed by atoms with Crippen LogP contribution in [-0.2, 0) is 19.4 Å². The molecule has 20 heavy (non-hydrogen) atoms. The van der Waals surface area contributed by atoms with Crippen LogP contribution in [0, 0.1) is 17.3 Å². The molecule has 0 N–H and O–H groups in total. The zero-order valence-electron chi connectivity index (χ0n) is 12.7. The summed E-state index contributed by atoms with van der Waals surface area (Å²) in [5.74, 6) is 0.839. The fourth-order valence-electron chi connectivity index (χ4n) is 3.64. The number of rotatable bonds is 5. The summed E-state index contributed by atoms with van der Waals surface area (Å²) in [6.45, 7) is 4.28. The summed E-state index contributed by atoms with van der Waals surface area (Å²) in [5, 5.41) is -0.212. The highest BCUT2D eigenvalue weighted by atomic mass is 32.2. The molecule has 2 unspecified atom stereocenters. The Hall–Kier alpha value is -0.580. The van der Waals surface area contributed by atoms with Gasteiger partial charge < -0.3 is 4.74 Å². The third kappa shape index (κ3) is 3.74. The van der Waals surface area contributed by atoms with E-state index in [9.17, 15) is 13.2 Å². The average molecular weight is 302 g/mol. The molecule has 0 aliphatic heterocycles. The van der Waals surface area contributed by atoms with Crippen LogP contribution < -0.4 is 0 Å². The molecule has 0 aromatic rings. The molecule has 2 atom stereocenters. The lowest BCUT2D eigenvalue weighted by molar-refractivity contribution is -0.141. The van der Waals surface area contributed by atoms with E-state index in [0.29, 0.717) is 11.8 Å². The van der Waals surface area contributed by atoms with E-state index >= 15 is 0 Å². The van der Waals surface area contributed by atoms with Gasteiger partial charge in [-0.1, -0.05) is 13.8 Å². The maximum absolute atomic E-state index is 12.7. The third-order valence-corrected chi connectivity index (χ3v) is 7.27. The second-order valence-corrected chi connectivity index (χ2v) is 9.38. The molecule has 116 valence electrons. The number of hydrogen-bond acceptors (Lipinski definition) is 4. The monoisotopic (exact) mass is 302 g/mol. The standard InChI is InChI=1S/C15H26O4S/c1-11-6-12(2)8-13(7-11)20(17,18)10-15(4-5-15)9-14(16)19-3/h11-13H,4-10H2,1-3H3. The fraction of sp³-hybridized carbons (Fsp3) is 0.933. The van der Waals surface area contributed by atoms with E-state index in [1.54, 1.807) is 0 Å². The van der Waals surface area contributed by atoms with Crippen LogP contribution in [0.3, 0.4) is 0 Å². The average Bonchev–Trinajstić information content (AvgIpc) is 3.06. The Labute approximate surface area is 122 Å². The van der Waals surface area contributed by atoms with Crippen molar-refractivity contribution >= 4 is 15.8 Å². The van der Waals surface area contributed by atoms with Gasteiger partial charge in [0.25, 0.3) is 0 Å². The van der Waals surface area contributed by atoms with Gasteiger partial charge >= 0.3 is 5.97 Å². The van der Waals surface area contributed by atoms with Crippen molar-refractivity contribution in [3.8, 4) is 0 Å². The zero-order valence-corrected chi connectivity index (χ0v) is 13.5. The van der Waals surface area contributed by atoms with Gasteiger partial charge in [-0.25, -0.2) is 8.42 Å². The van der Waals surface area contributed by atoms with E-state index in [2.05, 4.69) is 18.6 Å². The minimum absolute atomic E-state index is 0.166. The van der Waals surface area contributed by atoms with Crippen LogP contribution in [0.25, 0.3) is 0 Å². The molecule has 0 amide bonds. The van der Waals surface area contributed by atoms with Gasteiger partial charge in [0.1, 0.15) is 0 Å². The van der Waals surface area contributed by atoms with Gasteiger partial charge in [0.05, 0.1) is 24.5 Å². The number of hydrogen-bond donors (Lipinski definition) is 0. The van der Waals surface area contributed by atoms with E-state index in [-0.39, 0.29) is 28.8 Å². The molecule has 2 aliphatic rings. The molecule has 0 aromatic carbocycles. The van der Waals surface area contributed by atoms with Gasteiger partial charge in [-0.15, -0.1) is 0 Å². The maximum Gasteiger partial charge on any atom is 0.306 e. The van der Waals surface area contributed by atoms with Crippen LogP contribution in [0.15, 0.2) is 0 Å². The van der Waals surface area contributed by atoms with Crippen molar-refractivity contribution in [2.45, 2.75) is 57.6 Å². The topological polar surface area (TPSA) is 60.4 Å². The van der Waals surface area contributed by atoms with Crippen LogP contribution in [-0.4, -0.2) is 32.5 Å². The third-order valence-electron chi connectivity index (χ3n) is 4.85. The van der Waals surface area contributed by atoms with Crippen molar-refractivity contribution in [1.82, 2.24) is 0 Å². The molecule has 2 rings (SSSR count). The quantitative estimate of drug-likeness (QED) is 0.732. The predicted octanol–water partition coefficient (Wildman–Crippen LogP) is 2.57. The molecule has 2 fully saturated rings. The van der Waals surface area contributed by atoms with Gasteiger partial charge in [-0.3, -0.25) is 4.79 Å². The van der Waals surface area contributed by atoms with E-state index in [1.165, 1.54) is 7.11 Å². The lowest BCUT2D eigenvalue weighted by atomic mass is 9.83. The number of esters is 1. The Morgan fingerprint density at radius 2 is 1.70 bits per heavy atom. The van der Waals surface area contributed by atoms with Gasteiger partial charge in [-0.2, -0.15) is 0 Å². The van der Waals surface area contributed by atoms with Crippen LogP contribution in [0.4, 0.5) is 0 Å². The van der Waals surface area contributed by atoms with Crippen LogP contribution in [0.2, 0.25) is 0 Å². The summed E-state index contributed by atoms with van der Waals surface area (Å²) in [6, 6.07) is 0. The lowest BCUT2D eigenvalue weighted by Crippen LogP contribution is -2.35. The summed E-state index contributed by atoms with van der Waals surface area (Å²) in [4.78, 5) is 11.4. The highest BCUT2D eigenvalue weighted by Gasteiger charge is 2.49. The smallest absolute Gasteiger partial charge is 0.306 e. The minimum Gasteiger partial charge on any atom is -0.469 e. The first-order chi connectivity index (χ1) is 9.26. The van der Waals surface area contributed by atoms with Crippen molar-refractivity contribution in [2.75, 3.05) is 12.9 Å². The molecular weight excluding hydrogens is 276 g/mol. The van der Waals surface area contributed by atoms with Gasteiger partial charge in [0.15, 0.2) is 9.84 Å². The van der Waals surface area contributed by atoms with Crippen molar-refractivity contribution < 1.29 is 17.9 Å². The summed E-state index contributed by atoms with van der Waals surface area (Å²) < 4.78 is 30.0. The Morgan fingerprint density at radius 1 is 1.15 bits per heavy atom. The second kappa shape index (κ2) is 5.66. The number of sulfone groups is 1. The molecule has 5 heteroatoms. The summed E-state index contributed by atoms with van der Waals surface area (Å²) in [6.07, 6.45) is 4.60. The number of carbonyl (C=O) groups is 1. The Bertz CT molecular complexity index is 454. The molecule has 2 aliphatic carbocycles. The fourth-order valence-corrected chi connectivity index (χ4v) is 6.36. The van der Waals surface area contributed by atoms with E-state index in [1.807, 2.05) is 0 Å². The van der Waals surface area contributed by atoms with Crippen molar-refractivity contribution in [1.29, 1.82) is 0 Å². The highest BCUT2D eigenvalue weighted by molar-refractivity contribution is 7.92. The largest absolute Gasteiger partial charge is 0.469 e. The van der Waals surface area contributed by atoms with E-state index in [0.717, 1.165) is 32.1 Å². The minimum atomic E-state index is -3.11. The van der Waals surface area contributed by atoms with Gasteiger partial charge in [0.2, 0.25) is 0 Å². The predicted molar refractivity (Wildman–Crippen MR) is 78.1 cm³/mol. The molecule has 0 spiro atoms. The first kappa shape index (κ1) is 15.8. The molecule has 0 bridgehead atoms. The first-order valence-corrected chi connectivity index (χ1v) is 9.26. The summed E-state index contributed by atoms with van der Waals surface area (Å²) in [5.41, 5.74) is -0.324. The van der Waals surface area contributed by atoms with Crippen molar-refractivity contribution in [3.63, 3.8) is 0 Å². The number of methoxy groups -OCH3 is 1. The molecule has 4 nitrogen and oxygen atoms in total. The molecule has 0 aromatic heterocycles. The SMILES string of the molecule is COC(=O)CC1(CS(=O)(=O)C2CC(C)CC(C)C2)CC1. The van der Waals surface area contributed by atoms with Crippen molar-refractivity contribution in [2.24, 2.45) is 17.3 Å². The maximum atomic E-state index is 12.7. The number of ether oxygens (including phenoxy) is 1. The van der Waals surface area contributed by atoms with E-state index in [4.69, 9.17) is 0 Å². The Morgan fingerprint density at radius 3 is 2.15 bits per heavy atom. The Kier molecular flexibility index (Phi) is 4.47. The molecule has 2 saturated carbocycles. The van der Waals surface area contributed by atoms with Crippen molar-refractivity contribution in [3.05, 3.63) is 0 Å². The van der Waals surface area contributed by atoms with Crippen LogP contribution in [0.5, 0.6) is 0 Å². The van der Waals surface area contributed by atoms with Crippen LogP contribution >= 0.6 is 0 Å². The Balaban J connectivity index is 2.02. The van der Waals surface area contributed by atoms with Gasteiger partial charge in [-0.05, 0) is 49.4 Å². The highest BCUT2D eigenvalue weighted by Crippen LogP contribution is 2.51. The summed E-state index contributed by atoms with van der Waals surface area (Å²) >= 11 is 0. The van der Waals surface area contributed by atoms with E-state index < -0.39 is 9.84 Å². The summed E-state index contributed by atoms with van der Waals surface area (Å²) in [7, 11) is -1.75. The first-order valence-electron chi connectivity index (χ1n) is 7.55. The second-order valence-electron chi connectivity index (χ2n) is 7.10. The normalized spacial score (nSPS) is 32.6. The van der Waals surface area contributed by atoms with Crippen LogP contribution in [0.1, 0.15) is 52.4 Å². The zero-order chi connectivity index (χ0) is 15.0. The lowest BCUT2D eigenvalue weighted by Gasteiger charge is -2.32. The molecule has 0 saturated heterocycles. The number of carbonyl (C=O) groups excluding carboxylic acids is 1.